The van der Waals surface area contributed by atoms with Crippen LogP contribution in [0.2, 0.25) is 0 Å². The fourth-order valence-electron chi connectivity index (χ4n) is 8.51. The number of alkyl halides is 1. The van der Waals surface area contributed by atoms with E-state index in [4.69, 9.17) is 50.1 Å². The van der Waals surface area contributed by atoms with Crippen molar-refractivity contribution in [1.29, 1.82) is 0 Å². The molecule has 0 bridgehead atoms. The van der Waals surface area contributed by atoms with Gasteiger partial charge in [-0.05, 0) is 135 Å². The number of carbonyl (C=O) groups excluding carboxylic acids is 1. The molecule has 8 heterocycles. The summed E-state index contributed by atoms with van der Waals surface area (Å²) in [6.07, 6.45) is 13.9. The number of benzene rings is 4. The van der Waals surface area contributed by atoms with Crippen LogP contribution in [0, 0.1) is 0 Å². The number of ether oxygens (including phenoxy) is 6. The van der Waals surface area contributed by atoms with Crippen LogP contribution in [0.5, 0.6) is 34.8 Å². The first-order valence-electron chi connectivity index (χ1n) is 26.1. The quantitative estimate of drug-likeness (QED) is 0.0487. The summed E-state index contributed by atoms with van der Waals surface area (Å²) in [5, 5.41) is 24.1. The van der Waals surface area contributed by atoms with Gasteiger partial charge in [0.1, 0.15) is 39.5 Å². The van der Waals surface area contributed by atoms with E-state index in [1.165, 1.54) is 0 Å². The molecule has 1 aliphatic heterocycles. The van der Waals surface area contributed by atoms with Gasteiger partial charge in [-0.25, -0.2) is 9.97 Å². The Morgan fingerprint density at radius 3 is 1.39 bits per heavy atom. The van der Waals surface area contributed by atoms with Crippen LogP contribution in [0.4, 0.5) is 0 Å². The van der Waals surface area contributed by atoms with Gasteiger partial charge in [0.05, 0.1) is 87.4 Å². The van der Waals surface area contributed by atoms with Crippen molar-refractivity contribution in [2.45, 2.75) is 32.1 Å². The molecule has 0 fully saturated rings. The normalized spacial score (nSPS) is 10.5. The van der Waals surface area contributed by atoms with Crippen molar-refractivity contribution in [2.24, 2.45) is 12.0 Å². The number of hydrogen-bond donors (Lipinski definition) is 1. The maximum Gasteiger partial charge on any atom is 1.00 e. The van der Waals surface area contributed by atoms with Crippen molar-refractivity contribution in [1.82, 2.24) is 48.9 Å². The van der Waals surface area contributed by atoms with Gasteiger partial charge in [0.25, 0.3) is 17.6 Å². The second-order valence-electron chi connectivity index (χ2n) is 18.4. The number of rotatable bonds is 14. The molecule has 0 aliphatic carbocycles. The Morgan fingerprint density at radius 2 is 0.956 bits per heavy atom. The van der Waals surface area contributed by atoms with E-state index in [-0.39, 0.29) is 122 Å². The first-order chi connectivity index (χ1) is 42.6. The molecule has 1 aliphatic rings. The standard InChI is InChI=1S/2C15H14BrN3O2.C14H12BrN3O2.C8H7BrN2O.C8H9ClO.CH2O3.2K.H/c1-20-11-5-3-10(4-6-11)9-19-14-12(7-18-19)13(16)8-17-15(14)21-2;1-18-9-13(16)12-7-17-19(14(12)15(18)20)8-10-3-5-11(21-2)6-4-10;1-20-10-4-2-9(3-5-10)8-18-13-11(6-17-18)12(15)7-16-14(13)19;1-12-8-6-3-10-2-5(6)7(9)4-11-8;1-10-8-4-2-7(6-9)3-5-8;2-1-4-3;;;/h3-8H,9H2,1-2H3;3-7,9H,8H2,1-2H3;2-7H,8H2,1H3,(H,16,19);2,4H,3H2,1H3;2-5H,6H2,1H3;1,3H;;;/q;;;;;;2*+1;-1/p-1. The van der Waals surface area contributed by atoms with Gasteiger partial charge in [0, 0.05) is 89.1 Å². The summed E-state index contributed by atoms with van der Waals surface area (Å²) in [6, 6.07) is 31.0. The largest absolute Gasteiger partial charge is 1.00 e. The van der Waals surface area contributed by atoms with Crippen molar-refractivity contribution in [3.63, 3.8) is 0 Å². The van der Waals surface area contributed by atoms with Gasteiger partial charge in [-0.2, -0.15) is 15.3 Å². The van der Waals surface area contributed by atoms with Crippen molar-refractivity contribution in [2.75, 3.05) is 42.7 Å². The zero-order chi connectivity index (χ0) is 63.3. The van der Waals surface area contributed by atoms with Crippen LogP contribution in [0.15, 0.2) is 173 Å². The molecule has 460 valence electrons. The third-order valence-corrected chi connectivity index (χ3v) is 15.8. The summed E-state index contributed by atoms with van der Waals surface area (Å²) in [5.74, 6) is 5.12. The van der Waals surface area contributed by atoms with Crippen molar-refractivity contribution >= 4 is 121 Å². The Labute approximate surface area is 642 Å². The van der Waals surface area contributed by atoms with E-state index in [9.17, 15) is 9.59 Å². The Bertz CT molecular complexity index is 4240. The van der Waals surface area contributed by atoms with Crippen molar-refractivity contribution < 1.29 is 148 Å². The van der Waals surface area contributed by atoms with Crippen LogP contribution >= 0.6 is 75.3 Å². The molecule has 90 heavy (non-hydrogen) atoms. The maximum absolute atomic E-state index is 12.3. The minimum absolute atomic E-state index is 0. The van der Waals surface area contributed by atoms with E-state index in [1.54, 1.807) is 101 Å². The summed E-state index contributed by atoms with van der Waals surface area (Å²) < 4.78 is 41.3. The molecule has 0 spiro atoms. The number of halogens is 5. The molecule has 0 radical (unpaired) electrons. The summed E-state index contributed by atoms with van der Waals surface area (Å²) in [6.45, 7) is 2.21. The van der Waals surface area contributed by atoms with Crippen LogP contribution in [-0.2, 0) is 48.8 Å². The summed E-state index contributed by atoms with van der Waals surface area (Å²) in [5.41, 5.74) is 8.34. The Kier molecular flexibility index (Phi) is 32.0. The van der Waals surface area contributed by atoms with E-state index >= 15 is 0 Å². The number of aromatic nitrogens is 10. The average Bonchev–Trinajstić information content (AvgIpc) is 1.74. The molecule has 29 heteroatoms. The van der Waals surface area contributed by atoms with Crippen LogP contribution in [0.3, 0.4) is 0 Å². The molecule has 0 saturated heterocycles. The molecule has 1 N–H and O–H groups in total. The van der Waals surface area contributed by atoms with Crippen molar-refractivity contribution in [3.05, 3.63) is 212 Å². The number of aromatic amines is 1. The number of fused-ring (bicyclic) bond motifs is 4. The zero-order valence-corrected chi connectivity index (χ0v) is 63.7. The first-order valence-corrected chi connectivity index (χ1v) is 29.8. The zero-order valence-electron chi connectivity index (χ0n) is 51.3. The third kappa shape index (κ3) is 20.2. The molecule has 12 rings (SSSR count). The molecule has 0 unspecified atom stereocenters. The second kappa shape index (κ2) is 38.2. The molecule has 4 aromatic carbocycles. The molecule has 0 amide bonds. The fourth-order valence-corrected chi connectivity index (χ4v) is 10.5. The fraction of sp³-hybridized carbons (Fsp3) is 0.197. The van der Waals surface area contributed by atoms with E-state index < -0.39 is 0 Å². The van der Waals surface area contributed by atoms with Gasteiger partial charge in [0.2, 0.25) is 11.8 Å². The molecule has 0 atom stereocenters. The Balaban J connectivity index is 0.000000242. The molecular weight excluding hydrogens is 1500 g/mol. The number of pyridine rings is 4. The number of nitrogens with one attached hydrogen (secondary N) is 1. The van der Waals surface area contributed by atoms with Crippen LogP contribution in [0.1, 0.15) is 34.8 Å². The van der Waals surface area contributed by atoms with Crippen LogP contribution in [0.25, 0.3) is 32.7 Å². The Morgan fingerprint density at radius 1 is 0.556 bits per heavy atom. The second-order valence-corrected chi connectivity index (χ2v) is 22.0. The number of H-pyrrole nitrogens is 1. The maximum atomic E-state index is 12.3. The van der Waals surface area contributed by atoms with Crippen LogP contribution < -0.4 is 148 Å². The monoisotopic (exact) mass is 1550 g/mol. The molecule has 7 aromatic heterocycles. The van der Waals surface area contributed by atoms with Gasteiger partial charge in [-0.1, -0.05) is 48.5 Å². The number of aliphatic imine (C=N–C) groups is 1. The Hall–Kier alpha value is -5.13. The SMILES string of the molecule is COc1ccc(CCl)cc1.COc1ccc(Cn2ncc3c(Br)c[nH]c(=O)c32)cc1.COc1ccc(Cn2ncc3c(Br)cn(C)c(=O)c32)cc1.COc1ccc(Cn2ncc3c(Br)cnc(OC)c32)cc1.COc1ncc(Br)c2c1CN=C2.O=CO[O-].[H-].[K+].[K+]. The average molecular weight is 1550 g/mol. The molecular formula is C61H58Br4ClK2N11O11. The smallest absolute Gasteiger partial charge is 1.00 e. The number of hydrogen-bond acceptors (Lipinski definition) is 17. The predicted molar refractivity (Wildman–Crippen MR) is 349 cm³/mol. The summed E-state index contributed by atoms with van der Waals surface area (Å²) >= 11 is 19.4. The number of aryl methyl sites for hydroxylation is 1. The number of methoxy groups -OCH3 is 6. The predicted octanol–water partition coefficient (Wildman–Crippen LogP) is 5.13. The molecule has 22 nitrogen and oxygen atoms in total. The topological polar surface area (TPSA) is 251 Å². The minimum atomic E-state index is -0.181. The van der Waals surface area contributed by atoms with Crippen LogP contribution in [-0.4, -0.2) is 104 Å². The van der Waals surface area contributed by atoms with Crippen molar-refractivity contribution in [3.8, 4) is 34.8 Å². The minimum Gasteiger partial charge on any atom is -1.00 e. The molecule has 0 saturated carbocycles. The van der Waals surface area contributed by atoms with E-state index in [0.717, 1.165) is 95.9 Å². The third-order valence-electron chi connectivity index (χ3n) is 13.0. The summed E-state index contributed by atoms with van der Waals surface area (Å²) in [4.78, 5) is 50.7. The van der Waals surface area contributed by atoms with E-state index in [2.05, 4.69) is 104 Å². The number of nitrogens with zero attached hydrogens (tertiary/aromatic N) is 10. The van der Waals surface area contributed by atoms with Gasteiger partial charge < -0.3 is 49.5 Å². The molecule has 11 aromatic rings. The van der Waals surface area contributed by atoms with E-state index in [0.29, 0.717) is 54.9 Å². The first kappa shape index (κ1) is 75.6. The van der Waals surface area contributed by atoms with Gasteiger partial charge in [-0.3, -0.25) is 33.4 Å². The number of carbonyl (C=O) groups is 1. The van der Waals surface area contributed by atoms with Gasteiger partial charge in [0.15, 0.2) is 0 Å². The van der Waals surface area contributed by atoms with Gasteiger partial charge in [-0.15, -0.1) is 11.6 Å². The van der Waals surface area contributed by atoms with Gasteiger partial charge >= 0.3 is 103 Å². The van der Waals surface area contributed by atoms with E-state index in [1.807, 2.05) is 114 Å². The summed E-state index contributed by atoms with van der Waals surface area (Å²) in [7, 11) is 11.5.